The largest absolute Gasteiger partial charge is 0.493 e. The monoisotopic (exact) mass is 569 g/mol. The van der Waals surface area contributed by atoms with Crippen molar-refractivity contribution in [1.82, 2.24) is 24.4 Å². The Balaban J connectivity index is 0.00000189. The maximum atomic E-state index is 12.8. The van der Waals surface area contributed by atoms with Crippen LogP contribution in [0, 0.1) is 0 Å². The number of ether oxygens (including phenoxy) is 4. The van der Waals surface area contributed by atoms with Crippen LogP contribution in [-0.4, -0.2) is 82.7 Å². The smallest absolute Gasteiger partial charge is 0.410 e. The van der Waals surface area contributed by atoms with Gasteiger partial charge in [0.05, 0.1) is 52.0 Å². The van der Waals surface area contributed by atoms with Crippen molar-refractivity contribution in [1.29, 1.82) is 0 Å². The van der Waals surface area contributed by atoms with Crippen LogP contribution in [0.3, 0.4) is 0 Å². The topological polar surface area (TPSA) is 136 Å². The normalized spacial score (nSPS) is 14.2. The van der Waals surface area contributed by atoms with Gasteiger partial charge in [0.1, 0.15) is 17.7 Å². The van der Waals surface area contributed by atoms with Gasteiger partial charge in [-0.3, -0.25) is 4.90 Å². The first-order valence-electron chi connectivity index (χ1n) is 13.4. The van der Waals surface area contributed by atoms with Gasteiger partial charge in [-0.2, -0.15) is 4.98 Å². The fourth-order valence-corrected chi connectivity index (χ4v) is 4.80. The highest BCUT2D eigenvalue weighted by Crippen LogP contribution is 2.39. The van der Waals surface area contributed by atoms with Crippen LogP contribution in [0.5, 0.6) is 17.2 Å². The van der Waals surface area contributed by atoms with Crippen LogP contribution in [0.1, 0.15) is 44.9 Å². The molecule has 0 unspecified atom stereocenters. The average molecular weight is 570 g/mol. The van der Waals surface area contributed by atoms with Gasteiger partial charge in [-0.05, 0) is 33.6 Å². The average Bonchev–Trinajstić information content (AvgIpc) is 3.73. The Morgan fingerprint density at radius 1 is 0.976 bits per heavy atom. The summed E-state index contributed by atoms with van der Waals surface area (Å²) in [5.41, 5.74) is 1.99. The predicted octanol–water partition coefficient (Wildman–Crippen LogP) is 3.89. The minimum absolute atomic E-state index is 0.355. The molecule has 2 aromatic heterocycles. The zero-order valence-electron chi connectivity index (χ0n) is 24.7. The molecule has 2 aliphatic heterocycles. The number of methoxy groups -OCH3 is 3. The summed E-state index contributed by atoms with van der Waals surface area (Å²) >= 11 is 0. The van der Waals surface area contributed by atoms with Gasteiger partial charge >= 0.3 is 6.09 Å². The van der Waals surface area contributed by atoms with E-state index >= 15 is 0 Å². The number of anilines is 3. The Kier molecular flexibility index (Phi) is 9.06. The molecule has 0 atom stereocenters. The van der Waals surface area contributed by atoms with Crippen LogP contribution >= 0.6 is 0 Å². The molecule has 0 aliphatic carbocycles. The third kappa shape index (κ3) is 6.56. The molecule has 0 spiro atoms. The quantitative estimate of drug-likeness (QED) is 0.429. The number of benzene rings is 1. The van der Waals surface area contributed by atoms with Gasteiger partial charge in [0.25, 0.3) is 0 Å². The minimum Gasteiger partial charge on any atom is -0.493 e. The van der Waals surface area contributed by atoms with Crippen molar-refractivity contribution < 1.29 is 28.8 Å². The number of amides is 1. The van der Waals surface area contributed by atoms with E-state index in [1.165, 1.54) is 0 Å². The second kappa shape index (κ2) is 12.5. The predicted molar refractivity (Wildman–Crippen MR) is 154 cm³/mol. The molecule has 13 nitrogen and oxygen atoms in total. The standard InChI is InChI=1S/C27H35N7O5.CH4O/c1-27(2,3)39-26(35)33-13-18-19(14-33)29-25(31-24(18)32-9-7-8-10-32)30-22-15-34(16-28-22)17-11-20(36-4)23(38-6)21(12-17)37-5;1-2/h11-12,15-16H,7-10,13-14H2,1-6H3,(H,29,30,31);2H,1H3. The number of aliphatic hydroxyl groups excluding tert-OH is 1. The number of hydrogen-bond donors (Lipinski definition) is 2. The van der Waals surface area contributed by atoms with Gasteiger partial charge in [0.2, 0.25) is 11.7 Å². The highest BCUT2D eigenvalue weighted by atomic mass is 16.6. The summed E-state index contributed by atoms with van der Waals surface area (Å²) < 4.78 is 23.8. The third-order valence-electron chi connectivity index (χ3n) is 6.59. The van der Waals surface area contributed by atoms with Gasteiger partial charge in [-0.1, -0.05) is 0 Å². The summed E-state index contributed by atoms with van der Waals surface area (Å²) in [5, 5.41) is 10.2. The van der Waals surface area contributed by atoms with Crippen LogP contribution in [0.2, 0.25) is 0 Å². The number of nitrogens with one attached hydrogen (secondary N) is 1. The molecule has 222 valence electrons. The van der Waals surface area contributed by atoms with Crippen molar-refractivity contribution >= 4 is 23.7 Å². The van der Waals surface area contributed by atoms with Crippen molar-refractivity contribution in [3.05, 3.63) is 35.9 Å². The number of aromatic nitrogens is 4. The summed E-state index contributed by atoms with van der Waals surface area (Å²) in [6.07, 6.45) is 5.38. The number of fused-ring (bicyclic) bond motifs is 1. The number of carbonyl (C=O) groups excluding carboxylic acids is 1. The van der Waals surface area contributed by atoms with Gasteiger partial charge in [-0.15, -0.1) is 0 Å². The van der Waals surface area contributed by atoms with E-state index in [-0.39, 0.29) is 6.09 Å². The molecule has 1 amide bonds. The lowest BCUT2D eigenvalue weighted by Crippen LogP contribution is -2.33. The SMILES string of the molecule is CO.COc1cc(-n2cnc(Nc3nc4c(c(N5CCCC5)n3)CN(C(=O)OC(C)(C)C)C4)c2)cc(OC)c1OC. The second-order valence-corrected chi connectivity index (χ2v) is 10.5. The van der Waals surface area contributed by atoms with Crippen molar-refractivity contribution in [2.45, 2.75) is 52.3 Å². The van der Waals surface area contributed by atoms with Gasteiger partial charge in [0, 0.05) is 37.9 Å². The lowest BCUT2D eigenvalue weighted by molar-refractivity contribution is 0.0241. The number of rotatable bonds is 7. The molecule has 3 aromatic rings. The first kappa shape index (κ1) is 29.7. The Hall–Kier alpha value is -4.26. The highest BCUT2D eigenvalue weighted by molar-refractivity contribution is 5.70. The maximum Gasteiger partial charge on any atom is 0.410 e. The molecule has 0 saturated carbocycles. The number of imidazole rings is 1. The summed E-state index contributed by atoms with van der Waals surface area (Å²) in [5.74, 6) is 3.46. The molecule has 1 saturated heterocycles. The van der Waals surface area contributed by atoms with Crippen LogP contribution in [0.25, 0.3) is 5.69 Å². The fraction of sp³-hybridized carbons (Fsp3) is 0.500. The fourth-order valence-electron chi connectivity index (χ4n) is 4.80. The molecular formula is C28H39N7O6. The highest BCUT2D eigenvalue weighted by Gasteiger charge is 2.33. The summed E-state index contributed by atoms with van der Waals surface area (Å²) in [6, 6.07) is 3.69. The number of carbonyl (C=O) groups is 1. The number of aliphatic hydroxyl groups is 1. The third-order valence-corrected chi connectivity index (χ3v) is 6.59. The van der Waals surface area contributed by atoms with E-state index in [0.717, 1.165) is 55.8 Å². The Morgan fingerprint density at radius 2 is 1.63 bits per heavy atom. The molecule has 1 fully saturated rings. The molecule has 0 bridgehead atoms. The van der Waals surface area contributed by atoms with E-state index in [2.05, 4.69) is 15.2 Å². The molecule has 41 heavy (non-hydrogen) atoms. The molecule has 2 N–H and O–H groups in total. The number of nitrogens with zero attached hydrogens (tertiary/aromatic N) is 6. The lowest BCUT2D eigenvalue weighted by atomic mass is 10.2. The van der Waals surface area contributed by atoms with Crippen LogP contribution in [0.15, 0.2) is 24.7 Å². The zero-order valence-corrected chi connectivity index (χ0v) is 24.7. The molecule has 2 aliphatic rings. The molecule has 1 aromatic carbocycles. The number of hydrogen-bond acceptors (Lipinski definition) is 11. The first-order chi connectivity index (χ1) is 19.7. The van der Waals surface area contributed by atoms with E-state index in [9.17, 15) is 4.79 Å². The summed E-state index contributed by atoms with van der Waals surface area (Å²) in [4.78, 5) is 30.9. The Labute approximate surface area is 240 Å². The van der Waals surface area contributed by atoms with E-state index in [0.29, 0.717) is 42.1 Å². The van der Waals surface area contributed by atoms with Gasteiger partial charge in [-0.25, -0.2) is 14.8 Å². The van der Waals surface area contributed by atoms with Crippen molar-refractivity contribution in [2.24, 2.45) is 0 Å². The molecule has 4 heterocycles. The minimum atomic E-state index is -0.571. The van der Waals surface area contributed by atoms with Crippen molar-refractivity contribution in [3.8, 4) is 22.9 Å². The molecule has 5 rings (SSSR count). The van der Waals surface area contributed by atoms with E-state index in [4.69, 9.17) is 34.0 Å². The summed E-state index contributed by atoms with van der Waals surface area (Å²) in [6.45, 7) is 8.22. The van der Waals surface area contributed by atoms with E-state index in [1.54, 1.807) is 32.6 Å². The van der Waals surface area contributed by atoms with Gasteiger partial charge < -0.3 is 38.8 Å². The van der Waals surface area contributed by atoms with Crippen molar-refractivity contribution in [2.75, 3.05) is 51.7 Å². The Morgan fingerprint density at radius 3 is 2.22 bits per heavy atom. The van der Waals surface area contributed by atoms with Crippen LogP contribution < -0.4 is 24.4 Å². The summed E-state index contributed by atoms with van der Waals surface area (Å²) in [7, 11) is 5.73. The first-order valence-corrected chi connectivity index (χ1v) is 13.4. The van der Waals surface area contributed by atoms with Gasteiger partial charge in [0.15, 0.2) is 17.3 Å². The van der Waals surface area contributed by atoms with E-state index in [1.807, 2.05) is 43.7 Å². The van der Waals surface area contributed by atoms with Crippen molar-refractivity contribution in [3.63, 3.8) is 0 Å². The molecular weight excluding hydrogens is 530 g/mol. The maximum absolute atomic E-state index is 12.8. The second-order valence-electron chi connectivity index (χ2n) is 10.5. The molecule has 13 heteroatoms. The molecule has 0 radical (unpaired) electrons. The lowest BCUT2D eigenvalue weighted by Gasteiger charge is -2.24. The Bertz CT molecular complexity index is 1340. The zero-order chi connectivity index (χ0) is 29.7. The van der Waals surface area contributed by atoms with E-state index < -0.39 is 5.60 Å². The van der Waals surface area contributed by atoms with Crippen LogP contribution in [-0.2, 0) is 17.8 Å². The van der Waals surface area contributed by atoms with Crippen LogP contribution in [0.4, 0.5) is 22.4 Å².